The minimum Gasteiger partial charge on any atom is -0.391 e. The lowest BCUT2D eigenvalue weighted by Gasteiger charge is -2.31. The molecule has 15 heteroatoms. The van der Waals surface area contributed by atoms with Gasteiger partial charge in [0.1, 0.15) is 5.69 Å². The lowest BCUT2D eigenvalue weighted by atomic mass is 9.83. The van der Waals surface area contributed by atoms with E-state index in [2.05, 4.69) is 25.6 Å². The minimum absolute atomic E-state index is 0.140. The molecule has 6 N–H and O–H groups in total. The van der Waals surface area contributed by atoms with Crippen molar-refractivity contribution >= 4 is 28.8 Å². The highest BCUT2D eigenvalue weighted by atomic mass is 16.6. The molecular weight excluding hydrogens is 680 g/mol. The van der Waals surface area contributed by atoms with Crippen molar-refractivity contribution in [3.63, 3.8) is 0 Å². The van der Waals surface area contributed by atoms with E-state index >= 15 is 0 Å². The quantitative estimate of drug-likeness (QED) is 0.0476. The highest BCUT2D eigenvalue weighted by molar-refractivity contribution is 6.10. The number of amides is 1. The van der Waals surface area contributed by atoms with Crippen LogP contribution in [0.2, 0.25) is 0 Å². The number of Topliss-reactive ketones (excluding diaryl/α,β-unsaturated/α-hetero) is 1. The summed E-state index contributed by atoms with van der Waals surface area (Å²) in [4.78, 5) is 62.6. The van der Waals surface area contributed by atoms with Gasteiger partial charge in [-0.1, -0.05) is 68.5 Å². The zero-order valence-electron chi connectivity index (χ0n) is 29.4. The molecule has 0 unspecified atom stereocenters. The number of carbonyl (C=O) groups is 2. The summed E-state index contributed by atoms with van der Waals surface area (Å²) in [6.45, 7) is 0. The predicted octanol–water partition coefficient (Wildman–Crippen LogP) is 5.24. The van der Waals surface area contributed by atoms with Crippen LogP contribution in [0.5, 0.6) is 0 Å². The molecule has 1 amide bonds. The van der Waals surface area contributed by atoms with Gasteiger partial charge in [0.15, 0.2) is 11.3 Å². The van der Waals surface area contributed by atoms with Crippen LogP contribution in [0.3, 0.4) is 0 Å². The van der Waals surface area contributed by atoms with E-state index in [1.807, 2.05) is 24.3 Å². The SMILES string of the molecule is N[C@@H](Cc1ccccc1)C(=O)N[C@@H](Cc1c[nH]cn1)C(=O)c1c([N+](=O)[O-])ccc(N[C@@H](CC2CCCCC2)[C@@H](O)CCCc2ccccn2)c1[N+](=O)[O-]. The van der Waals surface area contributed by atoms with Crippen molar-refractivity contribution in [3.8, 4) is 0 Å². The number of hydrogen-bond donors (Lipinski definition) is 5. The Kier molecular flexibility index (Phi) is 13.7. The number of aliphatic hydroxyl groups excluding tert-OH is 1. The summed E-state index contributed by atoms with van der Waals surface area (Å²) < 4.78 is 0. The Morgan fingerprint density at radius 1 is 0.943 bits per heavy atom. The highest BCUT2D eigenvalue weighted by Crippen LogP contribution is 2.38. The summed E-state index contributed by atoms with van der Waals surface area (Å²) in [6.07, 6.45) is 10.8. The summed E-state index contributed by atoms with van der Waals surface area (Å²) in [5.41, 5.74) is 5.69. The Morgan fingerprint density at radius 2 is 1.70 bits per heavy atom. The summed E-state index contributed by atoms with van der Waals surface area (Å²) in [7, 11) is 0. The number of nitrogens with two attached hydrogens (primary N) is 1. The van der Waals surface area contributed by atoms with E-state index in [1.54, 1.807) is 30.5 Å². The van der Waals surface area contributed by atoms with Gasteiger partial charge < -0.3 is 26.5 Å². The molecule has 0 spiro atoms. The summed E-state index contributed by atoms with van der Waals surface area (Å²) >= 11 is 0. The number of rotatable bonds is 19. The zero-order valence-corrected chi connectivity index (χ0v) is 29.4. The third-order valence-electron chi connectivity index (χ3n) is 9.79. The van der Waals surface area contributed by atoms with Crippen LogP contribution >= 0.6 is 0 Å². The van der Waals surface area contributed by atoms with Crippen molar-refractivity contribution in [1.82, 2.24) is 20.3 Å². The number of aryl methyl sites for hydroxylation is 1. The topological polar surface area (TPSA) is 232 Å². The zero-order chi connectivity index (χ0) is 37.7. The van der Waals surface area contributed by atoms with Crippen LogP contribution in [0.25, 0.3) is 0 Å². The van der Waals surface area contributed by atoms with Crippen LogP contribution in [-0.4, -0.2) is 65.8 Å². The number of ketones is 1. The Bertz CT molecular complexity index is 1820. The van der Waals surface area contributed by atoms with Crippen LogP contribution in [-0.2, 0) is 24.1 Å². The van der Waals surface area contributed by atoms with Gasteiger partial charge in [-0.25, -0.2) is 4.98 Å². The third kappa shape index (κ3) is 10.7. The van der Waals surface area contributed by atoms with Gasteiger partial charge in [0.05, 0.1) is 46.1 Å². The summed E-state index contributed by atoms with van der Waals surface area (Å²) in [5.74, 6) is -1.50. The molecule has 4 aromatic rings. The lowest BCUT2D eigenvalue weighted by Crippen LogP contribution is -2.50. The molecule has 2 aromatic carbocycles. The summed E-state index contributed by atoms with van der Waals surface area (Å²) in [6, 6.07) is 13.6. The molecule has 2 heterocycles. The molecule has 0 aliphatic heterocycles. The number of nitrogens with zero attached hydrogens (tertiary/aromatic N) is 4. The summed E-state index contributed by atoms with van der Waals surface area (Å²) in [5, 5.41) is 42.5. The second kappa shape index (κ2) is 18.8. The Morgan fingerprint density at radius 3 is 2.36 bits per heavy atom. The maximum absolute atomic E-state index is 14.4. The van der Waals surface area contributed by atoms with Crippen molar-refractivity contribution in [1.29, 1.82) is 0 Å². The molecule has 2 aromatic heterocycles. The first-order valence-electron chi connectivity index (χ1n) is 18.0. The van der Waals surface area contributed by atoms with E-state index in [0.29, 0.717) is 31.4 Å². The maximum Gasteiger partial charge on any atom is 0.310 e. The largest absolute Gasteiger partial charge is 0.391 e. The molecule has 4 atom stereocenters. The third-order valence-corrected chi connectivity index (χ3v) is 9.79. The predicted molar refractivity (Wildman–Crippen MR) is 198 cm³/mol. The van der Waals surface area contributed by atoms with Gasteiger partial charge >= 0.3 is 5.69 Å². The van der Waals surface area contributed by atoms with E-state index in [0.717, 1.165) is 49.4 Å². The fourth-order valence-corrected chi connectivity index (χ4v) is 7.05. The van der Waals surface area contributed by atoms with Crippen molar-refractivity contribution in [2.75, 3.05) is 5.32 Å². The minimum atomic E-state index is -1.49. The number of nitrogens with one attached hydrogen (secondary N) is 3. The number of anilines is 1. The number of benzene rings is 2. The number of aliphatic hydroxyl groups is 1. The molecule has 1 fully saturated rings. The van der Waals surface area contributed by atoms with Gasteiger partial charge in [-0.15, -0.1) is 0 Å². The Hall–Kier alpha value is -5.54. The van der Waals surface area contributed by atoms with Gasteiger partial charge in [-0.05, 0) is 61.8 Å². The molecular formula is C38H46N8O7. The lowest BCUT2D eigenvalue weighted by molar-refractivity contribution is -0.394. The van der Waals surface area contributed by atoms with E-state index in [1.165, 1.54) is 18.6 Å². The van der Waals surface area contributed by atoms with Crippen LogP contribution in [0.15, 0.2) is 79.4 Å². The number of pyridine rings is 1. The first-order chi connectivity index (χ1) is 25.6. The van der Waals surface area contributed by atoms with Gasteiger partial charge in [0.2, 0.25) is 5.91 Å². The van der Waals surface area contributed by atoms with Gasteiger partial charge in [-0.3, -0.25) is 34.8 Å². The number of imidazole rings is 1. The van der Waals surface area contributed by atoms with E-state index in [9.17, 15) is 34.9 Å². The van der Waals surface area contributed by atoms with E-state index in [-0.39, 0.29) is 24.4 Å². The van der Waals surface area contributed by atoms with Crippen molar-refractivity contribution < 1.29 is 24.5 Å². The fourth-order valence-electron chi connectivity index (χ4n) is 7.05. The molecule has 280 valence electrons. The standard InChI is InChI=1S/C38H46N8O7/c39-29(20-25-10-3-1-4-11-25)38(49)44-32(22-28-23-40-24-42-28)37(48)35-33(45(50)51)18-17-30(36(35)46(52)53)43-31(21-26-12-5-2-6-13-26)34(47)16-9-15-27-14-7-8-19-41-27/h1,3-4,7-8,10-11,14,17-19,23-24,26,29,31-32,34,43,47H,2,5-6,9,12-13,15-16,20-22,39H2,(H,40,42)(H,44,49)/t29-,31-,32-,34-/m0/s1. The number of aromatic amines is 1. The number of nitro benzene ring substituents is 2. The molecule has 0 bridgehead atoms. The average Bonchev–Trinajstić information content (AvgIpc) is 3.68. The van der Waals surface area contributed by atoms with E-state index < -0.39 is 62.7 Å². The first-order valence-corrected chi connectivity index (χ1v) is 18.0. The smallest absolute Gasteiger partial charge is 0.310 e. The van der Waals surface area contributed by atoms with Gasteiger partial charge in [0.25, 0.3) is 5.69 Å². The van der Waals surface area contributed by atoms with Crippen molar-refractivity contribution in [2.24, 2.45) is 11.7 Å². The normalized spacial score (nSPS) is 15.5. The number of carbonyl (C=O) groups excluding carboxylic acids is 2. The molecule has 1 aliphatic rings. The first kappa shape index (κ1) is 38.7. The molecule has 1 saturated carbocycles. The van der Waals surface area contributed by atoms with E-state index in [4.69, 9.17) is 5.73 Å². The number of nitro groups is 2. The van der Waals surface area contributed by atoms with Gasteiger partial charge in [-0.2, -0.15) is 0 Å². The monoisotopic (exact) mass is 726 g/mol. The van der Waals surface area contributed by atoms with Crippen LogP contribution in [0, 0.1) is 26.1 Å². The van der Waals surface area contributed by atoms with Crippen molar-refractivity contribution in [2.45, 2.75) is 94.9 Å². The second-order valence-electron chi connectivity index (χ2n) is 13.6. The average molecular weight is 727 g/mol. The maximum atomic E-state index is 14.4. The van der Waals surface area contributed by atoms with Crippen LogP contribution < -0.4 is 16.4 Å². The number of hydrogen-bond acceptors (Lipinski definition) is 11. The molecule has 15 nitrogen and oxygen atoms in total. The molecule has 5 rings (SSSR count). The second-order valence-corrected chi connectivity index (χ2v) is 13.6. The number of H-pyrrole nitrogens is 1. The fraction of sp³-hybridized carbons (Fsp3) is 0.421. The molecule has 53 heavy (non-hydrogen) atoms. The molecule has 0 saturated heterocycles. The molecule has 0 radical (unpaired) electrons. The van der Waals surface area contributed by atoms with Crippen LogP contribution in [0.4, 0.5) is 17.1 Å². The Balaban J connectivity index is 1.46. The molecule has 1 aliphatic carbocycles. The van der Waals surface area contributed by atoms with Gasteiger partial charge in [0, 0.05) is 30.6 Å². The highest BCUT2D eigenvalue weighted by Gasteiger charge is 2.39. The van der Waals surface area contributed by atoms with Crippen molar-refractivity contribution in [3.05, 3.63) is 122 Å². The Labute approximate surface area is 307 Å². The van der Waals surface area contributed by atoms with Crippen LogP contribution in [0.1, 0.15) is 78.7 Å². The number of aromatic nitrogens is 3.